The smallest absolute Gasteiger partial charge is 0.247 e. The molecule has 3 rings (SSSR count). The van der Waals surface area contributed by atoms with Crippen molar-refractivity contribution >= 4 is 11.6 Å². The maximum absolute atomic E-state index is 12.0. The second-order valence-electron chi connectivity index (χ2n) is 4.93. The van der Waals surface area contributed by atoms with E-state index in [1.165, 1.54) is 5.56 Å². The summed E-state index contributed by atoms with van der Waals surface area (Å²) >= 11 is 0. The minimum atomic E-state index is -0.442. The molecule has 0 bridgehead atoms. The van der Waals surface area contributed by atoms with E-state index in [2.05, 4.69) is 0 Å². The van der Waals surface area contributed by atoms with Gasteiger partial charge in [0, 0.05) is 5.69 Å². The number of nitrogens with two attached hydrogens (primary N) is 1. The van der Waals surface area contributed by atoms with Crippen molar-refractivity contribution in [2.24, 2.45) is 5.73 Å². The van der Waals surface area contributed by atoms with Crippen molar-refractivity contribution in [2.45, 2.75) is 19.0 Å². The van der Waals surface area contributed by atoms with Crippen molar-refractivity contribution in [3.05, 3.63) is 65.7 Å². The third-order valence-corrected chi connectivity index (χ3v) is 3.59. The zero-order valence-corrected chi connectivity index (χ0v) is 10.8. The van der Waals surface area contributed by atoms with E-state index in [-0.39, 0.29) is 11.9 Å². The van der Waals surface area contributed by atoms with Crippen molar-refractivity contribution in [3.63, 3.8) is 0 Å². The predicted molar refractivity (Wildman–Crippen MR) is 75.8 cm³/mol. The van der Waals surface area contributed by atoms with Crippen LogP contribution < -0.4 is 10.6 Å². The van der Waals surface area contributed by atoms with Crippen LogP contribution in [0.2, 0.25) is 0 Å². The van der Waals surface area contributed by atoms with Crippen LogP contribution in [0.25, 0.3) is 0 Å². The predicted octanol–water partition coefficient (Wildman–Crippen LogP) is 2.41. The molecule has 0 spiro atoms. The van der Waals surface area contributed by atoms with E-state index in [1.54, 1.807) is 4.90 Å². The van der Waals surface area contributed by atoms with Crippen LogP contribution in [0.5, 0.6) is 0 Å². The van der Waals surface area contributed by atoms with Gasteiger partial charge in [0.15, 0.2) is 0 Å². The zero-order valence-electron chi connectivity index (χ0n) is 10.8. The Morgan fingerprint density at radius 2 is 1.63 bits per heavy atom. The number of β-lactam (4-membered cyclic amide) rings is 1. The van der Waals surface area contributed by atoms with Crippen LogP contribution >= 0.6 is 0 Å². The van der Waals surface area contributed by atoms with Gasteiger partial charge in [-0.05, 0) is 24.6 Å². The highest BCUT2D eigenvalue weighted by Crippen LogP contribution is 2.37. The van der Waals surface area contributed by atoms with Gasteiger partial charge in [-0.25, -0.2) is 0 Å². The van der Waals surface area contributed by atoms with Gasteiger partial charge in [-0.3, -0.25) is 4.79 Å². The molecule has 1 aliphatic heterocycles. The lowest BCUT2D eigenvalue weighted by atomic mass is 9.88. The maximum Gasteiger partial charge on any atom is 0.247 e. The Morgan fingerprint density at radius 3 is 2.26 bits per heavy atom. The highest BCUT2D eigenvalue weighted by Gasteiger charge is 2.46. The monoisotopic (exact) mass is 252 g/mol. The van der Waals surface area contributed by atoms with Gasteiger partial charge in [0.25, 0.3) is 0 Å². The van der Waals surface area contributed by atoms with Gasteiger partial charge in [-0.15, -0.1) is 0 Å². The van der Waals surface area contributed by atoms with Gasteiger partial charge < -0.3 is 10.6 Å². The number of hydrogen-bond acceptors (Lipinski definition) is 2. The fraction of sp³-hybridized carbons (Fsp3) is 0.188. The number of aryl methyl sites for hydroxylation is 1. The molecule has 1 saturated heterocycles. The number of nitrogens with zero attached hydrogens (tertiary/aromatic N) is 1. The summed E-state index contributed by atoms with van der Waals surface area (Å²) in [5.41, 5.74) is 9.16. The SMILES string of the molecule is Cc1ccc([C@@H]2[C@@H](N)C(=O)N2c2ccccc2)cc1. The Hall–Kier alpha value is -2.13. The summed E-state index contributed by atoms with van der Waals surface area (Å²) in [6.07, 6.45) is 0. The number of hydrogen-bond donors (Lipinski definition) is 1. The van der Waals surface area contributed by atoms with Gasteiger partial charge >= 0.3 is 0 Å². The molecule has 0 aliphatic carbocycles. The minimum Gasteiger partial charge on any atom is -0.318 e. The van der Waals surface area contributed by atoms with Gasteiger partial charge in [0.1, 0.15) is 6.04 Å². The molecule has 2 aromatic carbocycles. The summed E-state index contributed by atoms with van der Waals surface area (Å²) in [6.45, 7) is 2.05. The standard InChI is InChI=1S/C16H16N2O/c1-11-7-9-12(10-8-11)15-14(17)16(19)18(15)13-5-3-2-4-6-13/h2-10,14-15H,17H2,1H3/t14-,15-/m1/s1. The Morgan fingerprint density at radius 1 is 1.00 bits per heavy atom. The highest BCUT2D eigenvalue weighted by atomic mass is 16.2. The summed E-state index contributed by atoms with van der Waals surface area (Å²) < 4.78 is 0. The number of rotatable bonds is 2. The molecule has 0 saturated carbocycles. The lowest BCUT2D eigenvalue weighted by Crippen LogP contribution is -2.63. The maximum atomic E-state index is 12.0. The third-order valence-electron chi connectivity index (χ3n) is 3.59. The van der Waals surface area contributed by atoms with Crippen molar-refractivity contribution in [2.75, 3.05) is 4.90 Å². The van der Waals surface area contributed by atoms with Crippen LogP contribution in [0.1, 0.15) is 17.2 Å². The van der Waals surface area contributed by atoms with Crippen molar-refractivity contribution < 1.29 is 4.79 Å². The summed E-state index contributed by atoms with van der Waals surface area (Å²) in [6, 6.07) is 17.4. The average Bonchev–Trinajstić information content (AvgIpc) is 2.46. The minimum absolute atomic E-state index is 0.0169. The molecule has 3 nitrogen and oxygen atoms in total. The first-order chi connectivity index (χ1) is 9.18. The van der Waals surface area contributed by atoms with E-state index in [9.17, 15) is 4.79 Å². The fourth-order valence-corrected chi connectivity index (χ4v) is 2.51. The highest BCUT2D eigenvalue weighted by molar-refractivity contribution is 6.05. The molecule has 0 unspecified atom stereocenters. The number of carbonyl (C=O) groups excluding carboxylic acids is 1. The van der Waals surface area contributed by atoms with E-state index in [0.717, 1.165) is 11.3 Å². The lowest BCUT2D eigenvalue weighted by molar-refractivity contribution is -0.126. The van der Waals surface area contributed by atoms with Crippen LogP contribution in [0.4, 0.5) is 5.69 Å². The molecular formula is C16H16N2O. The van der Waals surface area contributed by atoms with Gasteiger partial charge in [0.05, 0.1) is 6.04 Å². The third kappa shape index (κ3) is 1.92. The molecule has 1 heterocycles. The van der Waals surface area contributed by atoms with Gasteiger partial charge in [-0.1, -0.05) is 48.0 Å². The second kappa shape index (κ2) is 4.52. The molecule has 1 fully saturated rings. The average molecular weight is 252 g/mol. The molecule has 2 aromatic rings. The Labute approximate surface area is 112 Å². The largest absolute Gasteiger partial charge is 0.318 e. The lowest BCUT2D eigenvalue weighted by Gasteiger charge is -2.45. The molecule has 1 amide bonds. The first kappa shape index (κ1) is 11.9. The first-order valence-electron chi connectivity index (χ1n) is 6.39. The van der Waals surface area contributed by atoms with Crippen LogP contribution in [0, 0.1) is 6.92 Å². The van der Waals surface area contributed by atoms with E-state index < -0.39 is 6.04 Å². The fourth-order valence-electron chi connectivity index (χ4n) is 2.51. The van der Waals surface area contributed by atoms with Crippen LogP contribution in [-0.2, 0) is 4.79 Å². The molecule has 2 atom stereocenters. The first-order valence-corrected chi connectivity index (χ1v) is 6.39. The number of anilines is 1. The van der Waals surface area contributed by atoms with E-state index in [0.29, 0.717) is 0 Å². The van der Waals surface area contributed by atoms with Crippen molar-refractivity contribution in [1.82, 2.24) is 0 Å². The topological polar surface area (TPSA) is 46.3 Å². The summed E-state index contributed by atoms with van der Waals surface area (Å²) in [4.78, 5) is 13.8. The second-order valence-corrected chi connectivity index (χ2v) is 4.93. The van der Waals surface area contributed by atoms with Crippen LogP contribution in [0.15, 0.2) is 54.6 Å². The molecule has 3 heteroatoms. The van der Waals surface area contributed by atoms with E-state index >= 15 is 0 Å². The van der Waals surface area contributed by atoms with Crippen molar-refractivity contribution in [1.29, 1.82) is 0 Å². The summed E-state index contributed by atoms with van der Waals surface area (Å²) in [7, 11) is 0. The van der Waals surface area contributed by atoms with Gasteiger partial charge in [0.2, 0.25) is 5.91 Å². The van der Waals surface area contributed by atoms with Crippen molar-refractivity contribution in [3.8, 4) is 0 Å². The Kier molecular flexibility index (Phi) is 2.84. The molecule has 1 aliphatic rings. The van der Waals surface area contributed by atoms with Crippen LogP contribution in [0.3, 0.4) is 0 Å². The normalized spacial score (nSPS) is 22.2. The number of carbonyl (C=O) groups is 1. The number of amides is 1. The van der Waals surface area contributed by atoms with E-state index in [1.807, 2.05) is 61.5 Å². The zero-order chi connectivity index (χ0) is 13.4. The molecule has 0 aromatic heterocycles. The van der Waals surface area contributed by atoms with E-state index in [4.69, 9.17) is 5.73 Å². The Balaban J connectivity index is 1.96. The number of para-hydroxylation sites is 1. The molecular weight excluding hydrogens is 236 g/mol. The molecule has 2 N–H and O–H groups in total. The molecule has 96 valence electrons. The number of benzene rings is 2. The summed E-state index contributed by atoms with van der Waals surface area (Å²) in [5.74, 6) is -0.0169. The quantitative estimate of drug-likeness (QED) is 0.834. The molecule has 0 radical (unpaired) electrons. The van der Waals surface area contributed by atoms with Gasteiger partial charge in [-0.2, -0.15) is 0 Å². The molecule has 19 heavy (non-hydrogen) atoms. The van der Waals surface area contributed by atoms with Crippen LogP contribution in [-0.4, -0.2) is 11.9 Å². The Bertz CT molecular complexity index is 592. The summed E-state index contributed by atoms with van der Waals surface area (Å²) in [5, 5.41) is 0.